The highest BCUT2D eigenvalue weighted by atomic mass is 16.5. The van der Waals surface area contributed by atoms with E-state index in [1.54, 1.807) is 7.11 Å². The summed E-state index contributed by atoms with van der Waals surface area (Å²) in [6.45, 7) is 0. The normalized spacial score (nSPS) is 22.0. The Labute approximate surface area is 128 Å². The zero-order valence-corrected chi connectivity index (χ0v) is 12.1. The van der Waals surface area contributed by atoms with Crippen LogP contribution >= 0.6 is 0 Å². The van der Waals surface area contributed by atoms with Gasteiger partial charge in [0, 0.05) is 23.2 Å². The molecule has 0 unspecified atom stereocenters. The number of carbonyl (C=O) groups excluding carboxylic acids is 1. The topological polar surface area (TPSA) is 62.7 Å². The number of hydrazone groups is 1. The number of para-hydroxylation sites is 1. The monoisotopic (exact) mass is 293 g/mol. The predicted molar refractivity (Wildman–Crippen MR) is 84.0 cm³/mol. The largest absolute Gasteiger partial charge is 0.497 e. The quantitative estimate of drug-likeness (QED) is 0.892. The van der Waals surface area contributed by atoms with E-state index >= 15 is 0 Å². The van der Waals surface area contributed by atoms with Gasteiger partial charge in [0.25, 0.3) is 5.91 Å². The molecule has 0 saturated carbocycles. The van der Waals surface area contributed by atoms with Crippen molar-refractivity contribution in [3.8, 4) is 5.75 Å². The van der Waals surface area contributed by atoms with Crippen molar-refractivity contribution in [1.82, 2.24) is 5.43 Å². The lowest BCUT2D eigenvalue weighted by Gasteiger charge is -2.20. The van der Waals surface area contributed by atoms with E-state index < -0.39 is 5.54 Å². The number of fused-ring (bicyclic) bond motifs is 2. The molecule has 2 aromatic carbocycles. The molecule has 5 nitrogen and oxygen atoms in total. The minimum absolute atomic E-state index is 0.0599. The highest BCUT2D eigenvalue weighted by Gasteiger charge is 2.50. The molecule has 0 aromatic heterocycles. The molecule has 2 aliphatic rings. The van der Waals surface area contributed by atoms with Crippen molar-refractivity contribution in [2.24, 2.45) is 5.10 Å². The molecule has 2 heterocycles. The second-order valence-electron chi connectivity index (χ2n) is 5.48. The van der Waals surface area contributed by atoms with E-state index in [0.717, 1.165) is 28.3 Å². The number of hydrogen-bond donors (Lipinski definition) is 2. The van der Waals surface area contributed by atoms with Gasteiger partial charge < -0.3 is 10.1 Å². The maximum Gasteiger partial charge on any atom is 0.256 e. The maximum atomic E-state index is 12.5. The standard InChI is InChI=1S/C17H15N3O2/c1-22-12-6-4-5-11(9-12)15-10-17(20-19-15)13-7-2-3-8-14(13)18-16(17)21/h2-9,20H,10H2,1H3,(H,18,21)/t17-/m0/s1. The van der Waals surface area contributed by atoms with Crippen LogP contribution in [0.5, 0.6) is 5.75 Å². The molecule has 0 radical (unpaired) electrons. The predicted octanol–water partition coefficient (Wildman–Crippen LogP) is 2.24. The molecule has 0 saturated heterocycles. The van der Waals surface area contributed by atoms with Crippen molar-refractivity contribution >= 4 is 17.3 Å². The van der Waals surface area contributed by atoms with Gasteiger partial charge in [-0.25, -0.2) is 0 Å². The fourth-order valence-electron chi connectivity index (χ4n) is 3.06. The number of ether oxygens (including phenoxy) is 1. The van der Waals surface area contributed by atoms with Crippen LogP contribution in [0.4, 0.5) is 5.69 Å². The Morgan fingerprint density at radius 3 is 2.91 bits per heavy atom. The molecule has 2 aliphatic heterocycles. The molecule has 1 amide bonds. The number of rotatable bonds is 2. The van der Waals surface area contributed by atoms with Gasteiger partial charge >= 0.3 is 0 Å². The van der Waals surface area contributed by atoms with Gasteiger partial charge in [0.2, 0.25) is 0 Å². The van der Waals surface area contributed by atoms with Gasteiger partial charge in [-0.2, -0.15) is 5.10 Å². The number of amides is 1. The molecule has 22 heavy (non-hydrogen) atoms. The average Bonchev–Trinajstić information content (AvgIpc) is 3.12. The Bertz CT molecular complexity index is 800. The van der Waals surface area contributed by atoms with Crippen LogP contribution in [0.3, 0.4) is 0 Å². The van der Waals surface area contributed by atoms with Crippen LogP contribution < -0.4 is 15.5 Å². The summed E-state index contributed by atoms with van der Waals surface area (Å²) < 4.78 is 5.25. The van der Waals surface area contributed by atoms with Crippen LogP contribution in [0, 0.1) is 0 Å². The van der Waals surface area contributed by atoms with Gasteiger partial charge in [-0.3, -0.25) is 10.2 Å². The van der Waals surface area contributed by atoms with Gasteiger partial charge in [0.05, 0.1) is 12.8 Å². The number of anilines is 1. The summed E-state index contributed by atoms with van der Waals surface area (Å²) in [6.07, 6.45) is 0.517. The molecule has 0 fully saturated rings. The number of nitrogens with one attached hydrogen (secondary N) is 2. The van der Waals surface area contributed by atoms with Crippen molar-refractivity contribution in [3.05, 3.63) is 59.7 Å². The van der Waals surface area contributed by atoms with E-state index in [0.29, 0.717) is 6.42 Å². The first-order valence-corrected chi connectivity index (χ1v) is 7.12. The molecule has 0 aliphatic carbocycles. The van der Waals surface area contributed by atoms with Crippen molar-refractivity contribution in [3.63, 3.8) is 0 Å². The van der Waals surface area contributed by atoms with Gasteiger partial charge in [-0.15, -0.1) is 0 Å². The molecule has 0 bridgehead atoms. The van der Waals surface area contributed by atoms with Crippen LogP contribution in [-0.2, 0) is 10.3 Å². The second-order valence-corrected chi connectivity index (χ2v) is 5.48. The van der Waals surface area contributed by atoms with E-state index in [9.17, 15) is 4.79 Å². The molecular weight excluding hydrogens is 278 g/mol. The first-order valence-electron chi connectivity index (χ1n) is 7.12. The van der Waals surface area contributed by atoms with E-state index in [-0.39, 0.29) is 5.91 Å². The maximum absolute atomic E-state index is 12.5. The number of methoxy groups -OCH3 is 1. The Hall–Kier alpha value is -2.82. The number of benzene rings is 2. The fraction of sp³-hybridized carbons (Fsp3) is 0.176. The summed E-state index contributed by atoms with van der Waals surface area (Å²) in [7, 11) is 1.63. The summed E-state index contributed by atoms with van der Waals surface area (Å²) in [6, 6.07) is 15.4. The summed E-state index contributed by atoms with van der Waals surface area (Å²) in [5.74, 6) is 0.716. The lowest BCUT2D eigenvalue weighted by atomic mass is 9.86. The molecule has 110 valence electrons. The Kier molecular flexibility index (Phi) is 2.69. The molecule has 2 aromatic rings. The molecular formula is C17H15N3O2. The van der Waals surface area contributed by atoms with Gasteiger partial charge in [0.15, 0.2) is 5.54 Å². The SMILES string of the molecule is COc1cccc(C2=NN[C@]3(C2)C(=O)Nc2ccccc23)c1. The summed E-state index contributed by atoms with van der Waals surface area (Å²) in [4.78, 5) is 12.5. The summed E-state index contributed by atoms with van der Waals surface area (Å²) in [5, 5.41) is 7.34. The first-order chi connectivity index (χ1) is 10.7. The third-order valence-corrected chi connectivity index (χ3v) is 4.24. The highest BCUT2D eigenvalue weighted by Crippen LogP contribution is 2.41. The summed E-state index contributed by atoms with van der Waals surface area (Å²) in [5.41, 5.74) is 5.87. The van der Waals surface area contributed by atoms with Crippen LogP contribution in [-0.4, -0.2) is 18.7 Å². The van der Waals surface area contributed by atoms with Crippen LogP contribution in [0.25, 0.3) is 0 Å². The van der Waals surface area contributed by atoms with Crippen molar-refractivity contribution < 1.29 is 9.53 Å². The minimum Gasteiger partial charge on any atom is -0.497 e. The molecule has 1 spiro atoms. The number of nitrogens with zero attached hydrogens (tertiary/aromatic N) is 1. The van der Waals surface area contributed by atoms with Crippen LogP contribution in [0.2, 0.25) is 0 Å². The third-order valence-electron chi connectivity index (χ3n) is 4.24. The zero-order chi connectivity index (χ0) is 15.2. The van der Waals surface area contributed by atoms with E-state index in [2.05, 4.69) is 15.8 Å². The second kappa shape index (κ2) is 4.59. The van der Waals surface area contributed by atoms with Crippen molar-refractivity contribution in [2.45, 2.75) is 12.0 Å². The fourth-order valence-corrected chi connectivity index (χ4v) is 3.06. The highest BCUT2D eigenvalue weighted by molar-refractivity contribution is 6.13. The van der Waals surface area contributed by atoms with Gasteiger partial charge in [-0.1, -0.05) is 30.3 Å². The van der Waals surface area contributed by atoms with Gasteiger partial charge in [-0.05, 0) is 18.2 Å². The van der Waals surface area contributed by atoms with Crippen LogP contribution in [0.1, 0.15) is 17.5 Å². The van der Waals surface area contributed by atoms with E-state index in [1.807, 2.05) is 48.5 Å². The Morgan fingerprint density at radius 2 is 2.05 bits per heavy atom. The lowest BCUT2D eigenvalue weighted by molar-refractivity contribution is -0.121. The number of hydrogen-bond acceptors (Lipinski definition) is 4. The first kappa shape index (κ1) is 12.9. The molecule has 4 rings (SSSR count). The molecule has 2 N–H and O–H groups in total. The Balaban J connectivity index is 1.71. The van der Waals surface area contributed by atoms with Crippen LogP contribution in [0.15, 0.2) is 53.6 Å². The van der Waals surface area contributed by atoms with E-state index in [4.69, 9.17) is 4.74 Å². The average molecular weight is 293 g/mol. The minimum atomic E-state index is -0.797. The van der Waals surface area contributed by atoms with Gasteiger partial charge in [0.1, 0.15) is 5.75 Å². The molecule has 1 atom stereocenters. The lowest BCUT2D eigenvalue weighted by Crippen LogP contribution is -2.42. The zero-order valence-electron chi connectivity index (χ0n) is 12.1. The third kappa shape index (κ3) is 1.72. The van der Waals surface area contributed by atoms with Crippen molar-refractivity contribution in [2.75, 3.05) is 12.4 Å². The molecule has 5 heteroatoms. The van der Waals surface area contributed by atoms with E-state index in [1.165, 1.54) is 0 Å². The van der Waals surface area contributed by atoms with Crippen molar-refractivity contribution in [1.29, 1.82) is 0 Å². The smallest absolute Gasteiger partial charge is 0.256 e. The Morgan fingerprint density at radius 1 is 1.18 bits per heavy atom. The number of carbonyl (C=O) groups is 1. The summed E-state index contributed by atoms with van der Waals surface area (Å²) >= 11 is 0.